The van der Waals surface area contributed by atoms with E-state index >= 15 is 0 Å². The summed E-state index contributed by atoms with van der Waals surface area (Å²) in [7, 11) is 2.05. The number of nitrogens with zero attached hydrogens (tertiary/aromatic N) is 3. The second kappa shape index (κ2) is 6.90. The number of aromatic nitrogens is 2. The molecule has 0 bridgehead atoms. The second-order valence-corrected chi connectivity index (χ2v) is 7.50. The number of hydrogen-bond acceptors (Lipinski definition) is 7. The maximum absolute atomic E-state index is 6.37. The predicted molar refractivity (Wildman–Crippen MR) is 99.8 cm³/mol. The van der Waals surface area contributed by atoms with E-state index in [1.165, 1.54) is 0 Å². The molecule has 2 aromatic heterocycles. The maximum atomic E-state index is 6.37. The number of aryl methyl sites for hydroxylation is 1. The molecule has 8 heteroatoms. The van der Waals surface area contributed by atoms with Crippen LogP contribution in [0, 0.1) is 6.92 Å². The lowest BCUT2D eigenvalue weighted by Crippen LogP contribution is -2.22. The van der Waals surface area contributed by atoms with Crippen molar-refractivity contribution < 1.29 is 13.9 Å². The zero-order valence-electron chi connectivity index (χ0n) is 14.7. The molecule has 6 nitrogen and oxygen atoms in total. The third kappa shape index (κ3) is 3.18. The van der Waals surface area contributed by atoms with Gasteiger partial charge in [-0.1, -0.05) is 11.6 Å². The average Bonchev–Trinajstić information content (AvgIpc) is 3.35. The second-order valence-electron chi connectivity index (χ2n) is 6.17. The largest absolute Gasteiger partial charge is 0.454 e. The third-order valence-corrected chi connectivity index (χ3v) is 5.71. The maximum Gasteiger partial charge on any atom is 0.231 e. The number of benzene rings is 1. The number of fused-ring (bicyclic) bond motifs is 1. The van der Waals surface area contributed by atoms with Crippen molar-refractivity contribution in [1.82, 2.24) is 14.9 Å². The summed E-state index contributed by atoms with van der Waals surface area (Å²) in [5.41, 5.74) is 1.57. The highest BCUT2D eigenvalue weighted by atomic mass is 35.5. The van der Waals surface area contributed by atoms with Crippen molar-refractivity contribution in [3.8, 4) is 23.0 Å². The Bertz CT molecular complexity index is 926. The van der Waals surface area contributed by atoms with Gasteiger partial charge in [0.15, 0.2) is 11.5 Å². The Morgan fingerprint density at radius 3 is 2.81 bits per heavy atom. The molecule has 0 aliphatic carbocycles. The summed E-state index contributed by atoms with van der Waals surface area (Å²) in [6.07, 6.45) is 1.82. The van der Waals surface area contributed by atoms with E-state index in [9.17, 15) is 0 Å². The summed E-state index contributed by atoms with van der Waals surface area (Å²) in [5, 5.41) is 3.58. The van der Waals surface area contributed by atoms with Crippen LogP contribution in [0.3, 0.4) is 0 Å². The van der Waals surface area contributed by atoms with Crippen LogP contribution in [0.25, 0.3) is 11.5 Å². The molecule has 1 aliphatic rings. The van der Waals surface area contributed by atoms with Crippen molar-refractivity contribution >= 4 is 22.9 Å². The van der Waals surface area contributed by atoms with Crippen LogP contribution in [0.1, 0.15) is 29.4 Å². The lowest BCUT2D eigenvalue weighted by Gasteiger charge is -2.21. The minimum Gasteiger partial charge on any atom is -0.454 e. The first-order valence-electron chi connectivity index (χ1n) is 8.18. The van der Waals surface area contributed by atoms with Crippen LogP contribution in [0.4, 0.5) is 0 Å². The first-order chi connectivity index (χ1) is 12.5. The van der Waals surface area contributed by atoms with E-state index < -0.39 is 0 Å². The van der Waals surface area contributed by atoms with Crippen molar-refractivity contribution in [1.29, 1.82) is 0 Å². The van der Waals surface area contributed by atoms with Gasteiger partial charge in [-0.05, 0) is 27.0 Å². The lowest BCUT2D eigenvalue weighted by molar-refractivity contribution is 0.174. The van der Waals surface area contributed by atoms with Crippen LogP contribution < -0.4 is 9.47 Å². The minimum atomic E-state index is 0.198. The van der Waals surface area contributed by atoms with E-state index in [1.807, 2.05) is 31.6 Å². The summed E-state index contributed by atoms with van der Waals surface area (Å²) in [4.78, 5) is 11.2. The molecule has 3 heterocycles. The van der Waals surface area contributed by atoms with Crippen molar-refractivity contribution in [3.05, 3.63) is 45.2 Å². The summed E-state index contributed by atoms with van der Waals surface area (Å²) in [6, 6.07) is 3.74. The number of ether oxygens (including phenoxy) is 2. The van der Waals surface area contributed by atoms with Gasteiger partial charge in [0.2, 0.25) is 12.7 Å². The van der Waals surface area contributed by atoms with Gasteiger partial charge >= 0.3 is 0 Å². The number of halogens is 1. The molecule has 1 atom stereocenters. The Balaban J connectivity index is 1.58. The highest BCUT2D eigenvalue weighted by molar-refractivity contribution is 7.09. The smallest absolute Gasteiger partial charge is 0.231 e. The minimum absolute atomic E-state index is 0.198. The summed E-state index contributed by atoms with van der Waals surface area (Å²) in [6.45, 7) is 4.89. The highest BCUT2D eigenvalue weighted by Crippen LogP contribution is 2.41. The molecule has 0 saturated carbocycles. The number of rotatable bonds is 5. The van der Waals surface area contributed by atoms with Gasteiger partial charge in [0.05, 0.1) is 22.3 Å². The van der Waals surface area contributed by atoms with E-state index in [1.54, 1.807) is 17.4 Å². The molecule has 0 fully saturated rings. The molecule has 136 valence electrons. The van der Waals surface area contributed by atoms with Crippen molar-refractivity contribution in [2.24, 2.45) is 0 Å². The molecule has 0 N–H and O–H groups in total. The van der Waals surface area contributed by atoms with Gasteiger partial charge in [0.25, 0.3) is 0 Å². The van der Waals surface area contributed by atoms with Crippen LogP contribution in [-0.2, 0) is 6.54 Å². The first kappa shape index (κ1) is 17.3. The van der Waals surface area contributed by atoms with Gasteiger partial charge in [0.1, 0.15) is 10.8 Å². The van der Waals surface area contributed by atoms with Gasteiger partial charge in [0, 0.05) is 24.2 Å². The third-order valence-electron chi connectivity index (χ3n) is 4.45. The van der Waals surface area contributed by atoms with E-state index in [2.05, 4.69) is 21.8 Å². The fourth-order valence-corrected chi connectivity index (χ4v) is 3.77. The van der Waals surface area contributed by atoms with Gasteiger partial charge < -0.3 is 13.9 Å². The molecular weight excluding hydrogens is 374 g/mol. The topological polar surface area (TPSA) is 60.6 Å². The van der Waals surface area contributed by atoms with E-state index in [0.717, 1.165) is 16.5 Å². The molecule has 0 amide bonds. The summed E-state index contributed by atoms with van der Waals surface area (Å²) >= 11 is 8.02. The highest BCUT2D eigenvalue weighted by Gasteiger charge is 2.22. The van der Waals surface area contributed by atoms with Crippen molar-refractivity contribution in [3.63, 3.8) is 0 Å². The van der Waals surface area contributed by atoms with Gasteiger partial charge in [-0.2, -0.15) is 0 Å². The zero-order valence-corrected chi connectivity index (χ0v) is 16.2. The molecule has 3 aromatic rings. The molecular formula is C18H18ClN3O3S. The molecule has 4 rings (SSSR count). The van der Waals surface area contributed by atoms with Crippen LogP contribution in [-0.4, -0.2) is 28.7 Å². The Morgan fingerprint density at radius 2 is 2.08 bits per heavy atom. The fraction of sp³-hybridized carbons (Fsp3) is 0.333. The molecule has 1 aromatic carbocycles. The molecule has 0 spiro atoms. The van der Waals surface area contributed by atoms with Crippen LogP contribution >= 0.6 is 22.9 Å². The number of thiazole rings is 1. The Morgan fingerprint density at radius 1 is 1.31 bits per heavy atom. The summed E-state index contributed by atoms with van der Waals surface area (Å²) < 4.78 is 16.7. The fourth-order valence-electron chi connectivity index (χ4n) is 2.77. The predicted octanol–water partition coefficient (Wildman–Crippen LogP) is 4.68. The Kier molecular flexibility index (Phi) is 4.60. The quantitative estimate of drug-likeness (QED) is 0.629. The standard InChI is InChI=1S/C18H18ClN3O3S/c1-10(18-20-4-5-26-18)22(3)8-14-11(2)25-17(21-14)12-6-15-16(7-13(12)19)24-9-23-15/h4-7,10H,8-9H2,1-3H3/t10-/m1/s1. The molecule has 0 saturated heterocycles. The summed E-state index contributed by atoms with van der Waals surface area (Å²) in [5.74, 6) is 2.54. The van der Waals surface area contributed by atoms with Crippen molar-refractivity contribution in [2.45, 2.75) is 26.4 Å². The normalized spacial score (nSPS) is 14.2. The van der Waals surface area contributed by atoms with Crippen molar-refractivity contribution in [2.75, 3.05) is 13.8 Å². The Hall–Kier alpha value is -2.09. The molecule has 26 heavy (non-hydrogen) atoms. The van der Waals surface area contributed by atoms with Crippen LogP contribution in [0.5, 0.6) is 11.5 Å². The molecule has 0 unspecified atom stereocenters. The van der Waals surface area contributed by atoms with Gasteiger partial charge in [-0.25, -0.2) is 9.97 Å². The van der Waals surface area contributed by atoms with Crippen LogP contribution in [0.2, 0.25) is 5.02 Å². The first-order valence-corrected chi connectivity index (χ1v) is 9.44. The van der Waals surface area contributed by atoms with Gasteiger partial charge in [-0.3, -0.25) is 4.90 Å². The van der Waals surface area contributed by atoms with Crippen LogP contribution in [0.15, 0.2) is 28.1 Å². The van der Waals surface area contributed by atoms with E-state index in [0.29, 0.717) is 34.5 Å². The SMILES string of the molecule is Cc1oc(-c2cc3c(cc2Cl)OCO3)nc1CN(C)[C@H](C)c1nccs1. The number of oxazole rings is 1. The lowest BCUT2D eigenvalue weighted by atomic mass is 10.2. The number of hydrogen-bond donors (Lipinski definition) is 0. The monoisotopic (exact) mass is 391 g/mol. The molecule has 0 radical (unpaired) electrons. The Labute approximate surface area is 160 Å². The van der Waals surface area contributed by atoms with Gasteiger partial charge in [-0.15, -0.1) is 11.3 Å². The average molecular weight is 392 g/mol. The molecule has 1 aliphatic heterocycles. The van der Waals surface area contributed by atoms with E-state index in [-0.39, 0.29) is 12.8 Å². The van der Waals surface area contributed by atoms with E-state index in [4.69, 9.17) is 25.5 Å². The zero-order chi connectivity index (χ0) is 18.3.